The van der Waals surface area contributed by atoms with Gasteiger partial charge in [-0.2, -0.15) is 0 Å². The molecule has 7 nitrogen and oxygen atoms in total. The molecule has 6 rings (SSSR count). The Balaban J connectivity index is 1.46. The lowest BCUT2D eigenvalue weighted by molar-refractivity contribution is -0.126. The number of nitrogens with one attached hydrogen (secondary N) is 2. The first kappa shape index (κ1) is 26.5. The predicted octanol–water partition coefficient (Wildman–Crippen LogP) is 5.69. The lowest BCUT2D eigenvalue weighted by atomic mass is 10.0. The summed E-state index contributed by atoms with van der Waals surface area (Å²) in [7, 11) is 0. The Morgan fingerprint density at radius 3 is 2.39 bits per heavy atom. The highest BCUT2D eigenvalue weighted by Crippen LogP contribution is 2.27. The minimum Gasteiger partial charge on any atom is -0.361 e. The molecule has 0 aliphatic carbocycles. The summed E-state index contributed by atoms with van der Waals surface area (Å²) in [6.07, 6.45) is 3.16. The maximum Gasteiger partial charge on any atom is 0.240 e. The van der Waals surface area contributed by atoms with E-state index in [1.165, 1.54) is 10.8 Å². The number of nitrogens with zero attached hydrogens (tertiary/aromatic N) is 3. The molecule has 0 aliphatic rings. The van der Waals surface area contributed by atoms with Crippen molar-refractivity contribution in [2.45, 2.75) is 44.8 Å². The number of carbonyl (C=O) groups is 1. The molecule has 0 radical (unpaired) electrons. The summed E-state index contributed by atoms with van der Waals surface area (Å²) in [5.74, 6) is 1.29. The molecule has 0 saturated carbocycles. The lowest BCUT2D eigenvalue weighted by Crippen LogP contribution is -2.50. The lowest BCUT2D eigenvalue weighted by Gasteiger charge is -2.25. The molecule has 0 bridgehead atoms. The van der Waals surface area contributed by atoms with Gasteiger partial charge in [0.15, 0.2) is 5.82 Å². The van der Waals surface area contributed by atoms with Crippen LogP contribution in [0.1, 0.15) is 48.2 Å². The molecule has 4 N–H and O–H groups in total. The van der Waals surface area contributed by atoms with Crippen molar-refractivity contribution < 1.29 is 4.79 Å². The summed E-state index contributed by atoms with van der Waals surface area (Å²) in [6.45, 7) is 4.00. The Hall–Kier alpha value is -4.75. The van der Waals surface area contributed by atoms with Crippen LogP contribution in [0, 0.1) is 0 Å². The van der Waals surface area contributed by atoms with Crippen LogP contribution in [0.15, 0.2) is 103 Å². The van der Waals surface area contributed by atoms with Crippen LogP contribution in [0.4, 0.5) is 0 Å². The van der Waals surface area contributed by atoms with Gasteiger partial charge in [-0.05, 0) is 47.4 Å². The highest BCUT2D eigenvalue weighted by Gasteiger charge is 2.30. The molecular formula is C34H34N6O. The fraction of sp³-hybridized carbons (Fsp3) is 0.206. The van der Waals surface area contributed by atoms with E-state index in [4.69, 9.17) is 15.9 Å². The number of carbonyl (C=O) groups excluding carboxylic acids is 1. The molecular weight excluding hydrogens is 508 g/mol. The summed E-state index contributed by atoms with van der Waals surface area (Å²) in [4.78, 5) is 16.6. The van der Waals surface area contributed by atoms with E-state index >= 15 is 0 Å². The predicted molar refractivity (Wildman–Crippen MR) is 163 cm³/mol. The van der Waals surface area contributed by atoms with Crippen LogP contribution in [0.25, 0.3) is 21.7 Å². The van der Waals surface area contributed by atoms with Gasteiger partial charge in [0, 0.05) is 29.9 Å². The Morgan fingerprint density at radius 1 is 0.878 bits per heavy atom. The summed E-state index contributed by atoms with van der Waals surface area (Å²) >= 11 is 0. The van der Waals surface area contributed by atoms with Crippen molar-refractivity contribution in [3.05, 3.63) is 132 Å². The Morgan fingerprint density at radius 2 is 1.59 bits per heavy atom. The van der Waals surface area contributed by atoms with Gasteiger partial charge in [-0.3, -0.25) is 4.79 Å². The summed E-state index contributed by atoms with van der Waals surface area (Å²) in [5, 5.41) is 16.1. The van der Waals surface area contributed by atoms with Crippen molar-refractivity contribution in [2.24, 2.45) is 5.73 Å². The number of fused-ring (bicyclic) bond motifs is 2. The third-order valence-electron chi connectivity index (χ3n) is 7.57. The first-order valence-corrected chi connectivity index (χ1v) is 13.9. The Kier molecular flexibility index (Phi) is 7.12. The largest absolute Gasteiger partial charge is 0.361 e. The summed E-state index contributed by atoms with van der Waals surface area (Å²) in [5.41, 5.74) is 9.63. The SMILES string of the molecule is CC(C)(N)C(=O)NC(Cc1c[nH]c2ccccc12)c1nnc(Cc2ccccc2)n1Cc1cccc2ccccc12. The van der Waals surface area contributed by atoms with Gasteiger partial charge in [0.2, 0.25) is 5.91 Å². The standard InChI is InChI=1S/C34H34N6O/c1-34(2,35)33(41)37-30(20-26-21-36-29-18-9-8-17-28(26)29)32-39-38-31(19-23-11-4-3-5-12-23)40(32)22-25-15-10-14-24-13-6-7-16-27(24)25/h3-18,21,30,36H,19-20,22,35H2,1-2H3,(H,37,41). The molecule has 1 amide bonds. The minimum atomic E-state index is -1.05. The van der Waals surface area contributed by atoms with Gasteiger partial charge < -0.3 is 20.6 Å². The van der Waals surface area contributed by atoms with Gasteiger partial charge in [-0.15, -0.1) is 10.2 Å². The van der Waals surface area contributed by atoms with E-state index in [1.807, 2.05) is 36.5 Å². The molecule has 2 aromatic heterocycles. The molecule has 1 unspecified atom stereocenters. The van der Waals surface area contributed by atoms with E-state index in [9.17, 15) is 4.79 Å². The normalized spacial score (nSPS) is 12.6. The van der Waals surface area contributed by atoms with Crippen LogP contribution < -0.4 is 11.1 Å². The van der Waals surface area contributed by atoms with Crippen molar-refractivity contribution >= 4 is 27.6 Å². The van der Waals surface area contributed by atoms with Crippen LogP contribution in [0.5, 0.6) is 0 Å². The molecule has 1 atom stereocenters. The summed E-state index contributed by atoms with van der Waals surface area (Å²) in [6, 6.07) is 32.7. The summed E-state index contributed by atoms with van der Waals surface area (Å²) < 4.78 is 2.16. The number of rotatable bonds is 9. The van der Waals surface area contributed by atoms with Gasteiger partial charge in [-0.1, -0.05) is 91.0 Å². The van der Waals surface area contributed by atoms with Crippen molar-refractivity contribution in [3.63, 3.8) is 0 Å². The van der Waals surface area contributed by atoms with Gasteiger partial charge in [0.05, 0.1) is 18.1 Å². The topological polar surface area (TPSA) is 102 Å². The number of aromatic nitrogens is 4. The van der Waals surface area contributed by atoms with Crippen molar-refractivity contribution in [3.8, 4) is 0 Å². The van der Waals surface area contributed by atoms with E-state index in [1.54, 1.807) is 13.8 Å². The van der Waals surface area contributed by atoms with Crippen LogP contribution in [-0.2, 0) is 24.2 Å². The van der Waals surface area contributed by atoms with E-state index in [0.29, 0.717) is 25.2 Å². The number of para-hydroxylation sites is 1. The van der Waals surface area contributed by atoms with Crippen molar-refractivity contribution in [1.82, 2.24) is 25.1 Å². The van der Waals surface area contributed by atoms with Crippen molar-refractivity contribution in [1.29, 1.82) is 0 Å². The average Bonchev–Trinajstić information content (AvgIpc) is 3.57. The Labute approximate surface area is 239 Å². The fourth-order valence-electron chi connectivity index (χ4n) is 5.36. The zero-order chi connectivity index (χ0) is 28.4. The first-order chi connectivity index (χ1) is 19.9. The molecule has 0 spiro atoms. The van der Waals surface area contributed by atoms with Crippen LogP contribution in [0.2, 0.25) is 0 Å². The van der Waals surface area contributed by atoms with E-state index < -0.39 is 11.6 Å². The Bertz CT molecular complexity index is 1810. The molecule has 206 valence electrons. The molecule has 0 saturated heterocycles. The van der Waals surface area contributed by atoms with Gasteiger partial charge >= 0.3 is 0 Å². The average molecular weight is 543 g/mol. The second-order valence-corrected chi connectivity index (χ2v) is 11.2. The smallest absolute Gasteiger partial charge is 0.240 e. The highest BCUT2D eigenvalue weighted by atomic mass is 16.2. The number of nitrogens with two attached hydrogens (primary N) is 1. The first-order valence-electron chi connectivity index (χ1n) is 13.9. The quantitative estimate of drug-likeness (QED) is 0.218. The highest BCUT2D eigenvalue weighted by molar-refractivity contribution is 5.87. The number of hydrogen-bond acceptors (Lipinski definition) is 4. The third kappa shape index (κ3) is 5.62. The third-order valence-corrected chi connectivity index (χ3v) is 7.57. The van der Waals surface area contributed by atoms with Gasteiger partial charge in [0.25, 0.3) is 0 Å². The number of hydrogen-bond donors (Lipinski definition) is 3. The maximum atomic E-state index is 13.3. The molecule has 4 aromatic carbocycles. The van der Waals surface area contributed by atoms with E-state index in [-0.39, 0.29) is 5.91 Å². The van der Waals surface area contributed by atoms with Gasteiger partial charge in [-0.25, -0.2) is 0 Å². The molecule has 7 heteroatoms. The van der Waals surface area contributed by atoms with Gasteiger partial charge in [0.1, 0.15) is 5.82 Å². The van der Waals surface area contributed by atoms with Crippen LogP contribution in [-0.4, -0.2) is 31.2 Å². The fourth-order valence-corrected chi connectivity index (χ4v) is 5.36. The minimum absolute atomic E-state index is 0.244. The second-order valence-electron chi connectivity index (χ2n) is 11.2. The number of aromatic amines is 1. The van der Waals surface area contributed by atoms with E-state index in [0.717, 1.165) is 33.4 Å². The molecule has 0 aliphatic heterocycles. The molecule has 41 heavy (non-hydrogen) atoms. The maximum absolute atomic E-state index is 13.3. The number of benzene rings is 4. The molecule has 6 aromatic rings. The molecule has 2 heterocycles. The van der Waals surface area contributed by atoms with Crippen LogP contribution in [0.3, 0.4) is 0 Å². The zero-order valence-corrected chi connectivity index (χ0v) is 23.3. The second kappa shape index (κ2) is 11.0. The van der Waals surface area contributed by atoms with Crippen LogP contribution >= 0.6 is 0 Å². The monoisotopic (exact) mass is 542 g/mol. The van der Waals surface area contributed by atoms with Crippen molar-refractivity contribution in [2.75, 3.05) is 0 Å². The van der Waals surface area contributed by atoms with E-state index in [2.05, 4.69) is 81.6 Å². The number of amides is 1. The number of H-pyrrole nitrogens is 1. The molecule has 0 fully saturated rings. The zero-order valence-electron chi connectivity index (χ0n) is 23.3.